The van der Waals surface area contributed by atoms with Gasteiger partial charge in [0.2, 0.25) is 10.0 Å². The molecule has 1 heterocycles. The van der Waals surface area contributed by atoms with Gasteiger partial charge in [0.25, 0.3) is 0 Å². The van der Waals surface area contributed by atoms with Crippen LogP contribution in [-0.4, -0.2) is 31.1 Å². The van der Waals surface area contributed by atoms with Crippen molar-refractivity contribution in [1.29, 1.82) is 0 Å². The molecule has 1 aliphatic heterocycles. The van der Waals surface area contributed by atoms with Crippen LogP contribution in [0.25, 0.3) is 0 Å². The van der Waals surface area contributed by atoms with Crippen LogP contribution >= 0.6 is 0 Å². The fraction of sp³-hybridized carbons (Fsp3) is 0.533. The van der Waals surface area contributed by atoms with E-state index < -0.39 is 10.0 Å². The van der Waals surface area contributed by atoms with E-state index in [9.17, 15) is 13.2 Å². The summed E-state index contributed by atoms with van der Waals surface area (Å²) in [4.78, 5) is 11.9. The molecule has 1 aromatic carbocycles. The molecule has 20 heavy (non-hydrogen) atoms. The molecule has 1 atom stereocenters. The molecule has 0 amide bonds. The number of piperidine rings is 1. The number of hydrogen-bond donors (Lipinski definition) is 0. The van der Waals surface area contributed by atoms with Gasteiger partial charge in [-0.2, -0.15) is 4.31 Å². The van der Waals surface area contributed by atoms with Crippen molar-refractivity contribution in [2.24, 2.45) is 0 Å². The summed E-state index contributed by atoms with van der Waals surface area (Å²) in [5.74, 6) is 0.166. The van der Waals surface area contributed by atoms with Gasteiger partial charge < -0.3 is 0 Å². The molecule has 1 aliphatic rings. The summed E-state index contributed by atoms with van der Waals surface area (Å²) in [6, 6.07) is 6.70. The summed E-state index contributed by atoms with van der Waals surface area (Å²) in [5, 5.41) is 0. The normalized spacial score (nSPS) is 21.1. The molecule has 0 radical (unpaired) electrons. The van der Waals surface area contributed by atoms with Crippen molar-refractivity contribution in [1.82, 2.24) is 4.31 Å². The minimum absolute atomic E-state index is 0.166. The van der Waals surface area contributed by atoms with Crippen LogP contribution in [0.3, 0.4) is 0 Å². The summed E-state index contributed by atoms with van der Waals surface area (Å²) < 4.78 is 26.9. The van der Waals surface area contributed by atoms with Crippen molar-refractivity contribution in [2.75, 3.05) is 6.54 Å². The Hall–Kier alpha value is -1.20. The predicted molar refractivity (Wildman–Crippen MR) is 78.0 cm³/mol. The number of sulfonamides is 1. The lowest BCUT2D eigenvalue weighted by molar-refractivity contribution is -0.121. The van der Waals surface area contributed by atoms with Crippen LogP contribution in [0, 0.1) is 6.92 Å². The zero-order chi connectivity index (χ0) is 14.8. The fourth-order valence-corrected chi connectivity index (χ4v) is 4.28. The summed E-state index contributed by atoms with van der Waals surface area (Å²) in [7, 11) is -3.49. The monoisotopic (exact) mass is 295 g/mol. The van der Waals surface area contributed by atoms with Crippen LogP contribution < -0.4 is 0 Å². The maximum Gasteiger partial charge on any atom is 0.243 e. The Bertz CT molecular complexity index is 578. The maximum atomic E-state index is 12.7. The molecule has 1 aromatic rings. The minimum atomic E-state index is -3.49. The molecule has 0 bridgehead atoms. The van der Waals surface area contributed by atoms with E-state index in [-0.39, 0.29) is 11.8 Å². The molecule has 0 aromatic heterocycles. The molecular formula is C15H21NO3S. The van der Waals surface area contributed by atoms with Gasteiger partial charge in [0.15, 0.2) is 0 Å². The molecule has 1 unspecified atom stereocenters. The second-order valence-corrected chi connectivity index (χ2v) is 7.25. The molecule has 1 fully saturated rings. The van der Waals surface area contributed by atoms with Gasteiger partial charge in [-0.25, -0.2) is 8.42 Å². The highest BCUT2D eigenvalue weighted by molar-refractivity contribution is 7.89. The first kappa shape index (κ1) is 15.2. The van der Waals surface area contributed by atoms with Gasteiger partial charge in [0.1, 0.15) is 5.78 Å². The van der Waals surface area contributed by atoms with E-state index >= 15 is 0 Å². The molecule has 110 valence electrons. The number of carbonyl (C=O) groups excluding carboxylic acids is 1. The molecule has 0 spiro atoms. The van der Waals surface area contributed by atoms with E-state index in [1.54, 1.807) is 24.3 Å². The molecule has 5 heteroatoms. The van der Waals surface area contributed by atoms with Gasteiger partial charge in [0.05, 0.1) is 4.90 Å². The molecule has 0 N–H and O–H groups in total. The van der Waals surface area contributed by atoms with Gasteiger partial charge in [0, 0.05) is 25.4 Å². The third-order valence-corrected chi connectivity index (χ3v) is 5.70. The first-order valence-electron chi connectivity index (χ1n) is 7.05. The maximum absolute atomic E-state index is 12.7. The Kier molecular flexibility index (Phi) is 4.60. The summed E-state index contributed by atoms with van der Waals surface area (Å²) in [5.41, 5.74) is 1.03. The fourth-order valence-electron chi connectivity index (χ4n) is 2.63. The van der Waals surface area contributed by atoms with Crippen LogP contribution in [0.15, 0.2) is 29.2 Å². The lowest BCUT2D eigenvalue weighted by Gasteiger charge is -2.33. The number of ketones is 1. The average molecular weight is 295 g/mol. The largest absolute Gasteiger partial charge is 0.300 e. The smallest absolute Gasteiger partial charge is 0.243 e. The van der Waals surface area contributed by atoms with Gasteiger partial charge in [-0.1, -0.05) is 31.0 Å². The molecule has 1 saturated heterocycles. The standard InChI is InChI=1S/C15H21NO3S/c1-3-4-13-11-14(17)9-10-16(13)20(18,19)15-7-5-12(2)6-8-15/h5-8,13H,3-4,9-11H2,1-2H3. The summed E-state index contributed by atoms with van der Waals surface area (Å²) in [6.07, 6.45) is 2.28. The van der Waals surface area contributed by atoms with Crippen molar-refractivity contribution < 1.29 is 13.2 Å². The van der Waals surface area contributed by atoms with Crippen molar-refractivity contribution >= 4 is 15.8 Å². The minimum Gasteiger partial charge on any atom is -0.300 e. The Balaban J connectivity index is 2.31. The Morgan fingerprint density at radius 1 is 1.25 bits per heavy atom. The second-order valence-electron chi connectivity index (χ2n) is 5.36. The lowest BCUT2D eigenvalue weighted by atomic mass is 10.00. The molecule has 2 rings (SSSR count). The predicted octanol–water partition coefficient (Wildman–Crippen LogP) is 2.52. The van der Waals surface area contributed by atoms with Crippen LogP contribution in [0.4, 0.5) is 0 Å². The third-order valence-electron chi connectivity index (χ3n) is 3.73. The van der Waals surface area contributed by atoms with Crippen molar-refractivity contribution in [2.45, 2.75) is 50.5 Å². The number of hydrogen-bond acceptors (Lipinski definition) is 3. The number of Topliss-reactive ketones (excluding diaryl/α,β-unsaturated/α-hetero) is 1. The topological polar surface area (TPSA) is 54.5 Å². The third kappa shape index (κ3) is 3.10. The van der Waals surface area contributed by atoms with E-state index in [0.29, 0.717) is 24.3 Å². The van der Waals surface area contributed by atoms with Crippen LogP contribution in [-0.2, 0) is 14.8 Å². The highest BCUT2D eigenvalue weighted by Crippen LogP contribution is 2.26. The summed E-state index contributed by atoms with van der Waals surface area (Å²) in [6.45, 7) is 4.24. The average Bonchev–Trinajstić information content (AvgIpc) is 2.39. The quantitative estimate of drug-likeness (QED) is 0.857. The zero-order valence-electron chi connectivity index (χ0n) is 12.0. The van der Waals surface area contributed by atoms with Crippen molar-refractivity contribution in [3.8, 4) is 0 Å². The van der Waals surface area contributed by atoms with E-state index in [1.807, 2.05) is 13.8 Å². The molecule has 0 saturated carbocycles. The van der Waals surface area contributed by atoms with Crippen LogP contribution in [0.1, 0.15) is 38.2 Å². The Morgan fingerprint density at radius 3 is 2.50 bits per heavy atom. The SMILES string of the molecule is CCCC1CC(=O)CCN1S(=O)(=O)c1ccc(C)cc1. The number of benzene rings is 1. The first-order chi connectivity index (χ1) is 9.45. The molecular weight excluding hydrogens is 274 g/mol. The second kappa shape index (κ2) is 6.06. The van der Waals surface area contributed by atoms with E-state index in [1.165, 1.54) is 4.31 Å². The number of aryl methyl sites for hydroxylation is 1. The van der Waals surface area contributed by atoms with Gasteiger partial charge >= 0.3 is 0 Å². The van der Waals surface area contributed by atoms with Gasteiger partial charge in [-0.3, -0.25) is 4.79 Å². The van der Waals surface area contributed by atoms with Crippen molar-refractivity contribution in [3.63, 3.8) is 0 Å². The lowest BCUT2D eigenvalue weighted by Crippen LogP contribution is -2.46. The Morgan fingerprint density at radius 2 is 1.90 bits per heavy atom. The van der Waals surface area contributed by atoms with E-state index in [4.69, 9.17) is 0 Å². The highest BCUT2D eigenvalue weighted by atomic mass is 32.2. The number of rotatable bonds is 4. The van der Waals surface area contributed by atoms with Gasteiger partial charge in [-0.15, -0.1) is 0 Å². The van der Waals surface area contributed by atoms with E-state index in [2.05, 4.69) is 0 Å². The van der Waals surface area contributed by atoms with Gasteiger partial charge in [-0.05, 0) is 25.5 Å². The molecule has 0 aliphatic carbocycles. The summed E-state index contributed by atoms with van der Waals surface area (Å²) >= 11 is 0. The Labute approximate surface area is 120 Å². The number of nitrogens with zero attached hydrogens (tertiary/aromatic N) is 1. The van der Waals surface area contributed by atoms with Crippen molar-refractivity contribution in [3.05, 3.63) is 29.8 Å². The first-order valence-corrected chi connectivity index (χ1v) is 8.49. The number of carbonyl (C=O) groups is 1. The molecule has 4 nitrogen and oxygen atoms in total. The van der Waals surface area contributed by atoms with E-state index in [0.717, 1.165) is 18.4 Å². The zero-order valence-corrected chi connectivity index (χ0v) is 12.8. The highest BCUT2D eigenvalue weighted by Gasteiger charge is 2.35. The van der Waals surface area contributed by atoms with Crippen LogP contribution in [0.5, 0.6) is 0 Å². The van der Waals surface area contributed by atoms with Crippen LogP contribution in [0.2, 0.25) is 0 Å².